The minimum atomic E-state index is 0.0235. The zero-order chi connectivity index (χ0) is 21.1. The van der Waals surface area contributed by atoms with Gasteiger partial charge in [0.25, 0.3) is 5.91 Å². The normalized spacial score (nSPS) is 18.5. The predicted molar refractivity (Wildman–Crippen MR) is 116 cm³/mol. The van der Waals surface area contributed by atoms with E-state index in [1.165, 1.54) is 12.8 Å². The van der Waals surface area contributed by atoms with Crippen LogP contribution in [-0.4, -0.2) is 82.3 Å². The van der Waals surface area contributed by atoms with Gasteiger partial charge >= 0.3 is 0 Å². The molecule has 1 aromatic heterocycles. The molecule has 2 fully saturated rings. The van der Waals surface area contributed by atoms with Gasteiger partial charge in [-0.15, -0.1) is 0 Å². The quantitative estimate of drug-likeness (QED) is 0.779. The van der Waals surface area contributed by atoms with E-state index in [0.717, 1.165) is 61.4 Å². The Hall–Kier alpha value is -2.54. The molecule has 0 aliphatic carbocycles. The van der Waals surface area contributed by atoms with E-state index < -0.39 is 0 Å². The SMILES string of the molecule is Cc1nc2ccc(C(=O)N3CCN(CC(=O)N4CCCCCC4)CC3)cc2nc1C. The van der Waals surface area contributed by atoms with Crippen molar-refractivity contribution in [2.75, 3.05) is 45.8 Å². The number of aryl methyl sites for hydroxylation is 2. The molecule has 0 N–H and O–H groups in total. The topological polar surface area (TPSA) is 69.6 Å². The van der Waals surface area contributed by atoms with Gasteiger partial charge in [-0.3, -0.25) is 14.5 Å². The first-order valence-electron chi connectivity index (χ1n) is 11.1. The second kappa shape index (κ2) is 9.08. The predicted octanol–water partition coefficient (Wildman–Crippen LogP) is 2.41. The molecule has 0 bridgehead atoms. The molecule has 7 heteroatoms. The minimum Gasteiger partial charge on any atom is -0.342 e. The average molecular weight is 410 g/mol. The van der Waals surface area contributed by atoms with Crippen LogP contribution in [-0.2, 0) is 4.79 Å². The second-order valence-corrected chi connectivity index (χ2v) is 8.46. The number of nitrogens with zero attached hydrogens (tertiary/aromatic N) is 5. The van der Waals surface area contributed by atoms with Crippen molar-refractivity contribution in [3.05, 3.63) is 35.2 Å². The fourth-order valence-corrected chi connectivity index (χ4v) is 4.27. The van der Waals surface area contributed by atoms with Crippen molar-refractivity contribution >= 4 is 22.8 Å². The first-order valence-corrected chi connectivity index (χ1v) is 11.1. The molecule has 2 aromatic rings. The van der Waals surface area contributed by atoms with Gasteiger partial charge in [0.15, 0.2) is 0 Å². The Kier molecular flexibility index (Phi) is 6.27. The molecule has 2 saturated heterocycles. The molecule has 2 aliphatic rings. The van der Waals surface area contributed by atoms with Gasteiger partial charge in [0, 0.05) is 44.8 Å². The van der Waals surface area contributed by atoms with Crippen molar-refractivity contribution in [3.63, 3.8) is 0 Å². The zero-order valence-electron chi connectivity index (χ0n) is 18.1. The van der Waals surface area contributed by atoms with Crippen molar-refractivity contribution < 1.29 is 9.59 Å². The van der Waals surface area contributed by atoms with E-state index in [9.17, 15) is 9.59 Å². The first kappa shape index (κ1) is 20.7. The summed E-state index contributed by atoms with van der Waals surface area (Å²) in [5.74, 6) is 0.255. The van der Waals surface area contributed by atoms with Gasteiger partial charge in [-0.05, 0) is 44.9 Å². The summed E-state index contributed by atoms with van der Waals surface area (Å²) < 4.78 is 0. The molecule has 0 unspecified atom stereocenters. The van der Waals surface area contributed by atoms with E-state index in [-0.39, 0.29) is 11.8 Å². The number of hydrogen-bond acceptors (Lipinski definition) is 5. The summed E-state index contributed by atoms with van der Waals surface area (Å²) in [7, 11) is 0. The van der Waals surface area contributed by atoms with Gasteiger partial charge in [-0.2, -0.15) is 0 Å². The summed E-state index contributed by atoms with van der Waals surface area (Å²) in [6, 6.07) is 5.55. The van der Waals surface area contributed by atoms with Gasteiger partial charge < -0.3 is 9.80 Å². The Morgan fingerprint density at radius 1 is 0.800 bits per heavy atom. The number of fused-ring (bicyclic) bond motifs is 1. The van der Waals surface area contributed by atoms with Gasteiger partial charge in [-0.25, -0.2) is 9.97 Å². The molecule has 160 valence electrons. The van der Waals surface area contributed by atoms with E-state index in [2.05, 4.69) is 14.9 Å². The molecule has 0 radical (unpaired) electrons. The highest BCUT2D eigenvalue weighted by Gasteiger charge is 2.25. The molecule has 2 amide bonds. The Bertz CT molecular complexity index is 929. The first-order chi connectivity index (χ1) is 14.5. The maximum atomic E-state index is 13.0. The van der Waals surface area contributed by atoms with Crippen molar-refractivity contribution in [3.8, 4) is 0 Å². The largest absolute Gasteiger partial charge is 0.342 e. The molecule has 2 aliphatic heterocycles. The lowest BCUT2D eigenvalue weighted by molar-refractivity contribution is -0.132. The van der Waals surface area contributed by atoms with Crippen molar-refractivity contribution in [2.24, 2.45) is 0 Å². The highest BCUT2D eigenvalue weighted by Crippen LogP contribution is 2.17. The lowest BCUT2D eigenvalue weighted by atomic mass is 10.1. The number of piperazine rings is 1. The number of benzene rings is 1. The molecule has 0 atom stereocenters. The lowest BCUT2D eigenvalue weighted by Gasteiger charge is -2.35. The van der Waals surface area contributed by atoms with Crippen LogP contribution in [0.5, 0.6) is 0 Å². The number of carbonyl (C=O) groups excluding carboxylic acids is 2. The Morgan fingerprint density at radius 2 is 1.43 bits per heavy atom. The molecule has 0 saturated carbocycles. The number of amides is 2. The van der Waals surface area contributed by atoms with Crippen molar-refractivity contribution in [1.29, 1.82) is 0 Å². The molecule has 3 heterocycles. The monoisotopic (exact) mass is 409 g/mol. The van der Waals surface area contributed by atoms with Crippen LogP contribution in [0.4, 0.5) is 0 Å². The molecule has 0 spiro atoms. The summed E-state index contributed by atoms with van der Waals surface area (Å²) in [6.07, 6.45) is 4.68. The third-order valence-electron chi connectivity index (χ3n) is 6.30. The summed E-state index contributed by atoms with van der Waals surface area (Å²) in [6.45, 7) is 8.87. The summed E-state index contributed by atoms with van der Waals surface area (Å²) in [5, 5.41) is 0. The average Bonchev–Trinajstić information content (AvgIpc) is 3.04. The Balaban J connectivity index is 1.34. The third-order valence-corrected chi connectivity index (χ3v) is 6.30. The fourth-order valence-electron chi connectivity index (χ4n) is 4.27. The molecular weight excluding hydrogens is 378 g/mol. The zero-order valence-corrected chi connectivity index (χ0v) is 18.1. The van der Waals surface area contributed by atoms with Gasteiger partial charge in [-0.1, -0.05) is 12.8 Å². The number of aromatic nitrogens is 2. The number of likely N-dealkylation sites (tertiary alicyclic amines) is 1. The third kappa shape index (κ3) is 4.61. The highest BCUT2D eigenvalue weighted by molar-refractivity contribution is 5.97. The van der Waals surface area contributed by atoms with Gasteiger partial charge in [0.05, 0.1) is 29.0 Å². The number of hydrogen-bond donors (Lipinski definition) is 0. The van der Waals surface area contributed by atoms with Crippen LogP contribution in [0.15, 0.2) is 18.2 Å². The number of carbonyl (C=O) groups is 2. The molecule has 30 heavy (non-hydrogen) atoms. The lowest BCUT2D eigenvalue weighted by Crippen LogP contribution is -2.51. The van der Waals surface area contributed by atoms with Gasteiger partial charge in [0.2, 0.25) is 5.91 Å². The van der Waals surface area contributed by atoms with Crippen LogP contribution < -0.4 is 0 Å². The van der Waals surface area contributed by atoms with Crippen LogP contribution in [0.1, 0.15) is 47.4 Å². The highest BCUT2D eigenvalue weighted by atomic mass is 16.2. The van der Waals surface area contributed by atoms with Crippen LogP contribution >= 0.6 is 0 Å². The molecule has 7 nitrogen and oxygen atoms in total. The summed E-state index contributed by atoms with van der Waals surface area (Å²) in [5.41, 5.74) is 4.01. The van der Waals surface area contributed by atoms with Crippen LogP contribution in [0.2, 0.25) is 0 Å². The fraction of sp³-hybridized carbons (Fsp3) is 0.565. The standard InChI is InChI=1S/C23H31N5O2/c1-17-18(2)25-21-15-19(7-8-20(21)24-17)23(30)28-13-11-26(12-14-28)16-22(29)27-9-5-3-4-6-10-27/h7-8,15H,3-6,9-14,16H2,1-2H3. The smallest absolute Gasteiger partial charge is 0.254 e. The Labute approximate surface area is 178 Å². The van der Waals surface area contributed by atoms with E-state index in [1.54, 1.807) is 0 Å². The molecule has 1 aromatic carbocycles. The number of rotatable bonds is 3. The Morgan fingerprint density at radius 3 is 2.10 bits per heavy atom. The van der Waals surface area contributed by atoms with Crippen LogP contribution in [0.3, 0.4) is 0 Å². The van der Waals surface area contributed by atoms with E-state index in [1.807, 2.05) is 41.8 Å². The summed E-state index contributed by atoms with van der Waals surface area (Å²) in [4.78, 5) is 40.8. The molecule has 4 rings (SSSR count). The minimum absolute atomic E-state index is 0.0235. The van der Waals surface area contributed by atoms with E-state index in [4.69, 9.17) is 0 Å². The van der Waals surface area contributed by atoms with Crippen LogP contribution in [0.25, 0.3) is 11.0 Å². The van der Waals surface area contributed by atoms with Gasteiger partial charge in [0.1, 0.15) is 0 Å². The van der Waals surface area contributed by atoms with Crippen LogP contribution in [0, 0.1) is 13.8 Å². The van der Waals surface area contributed by atoms with Crippen molar-refractivity contribution in [1.82, 2.24) is 24.7 Å². The van der Waals surface area contributed by atoms with E-state index in [0.29, 0.717) is 25.2 Å². The maximum Gasteiger partial charge on any atom is 0.254 e. The second-order valence-electron chi connectivity index (χ2n) is 8.46. The van der Waals surface area contributed by atoms with Crippen molar-refractivity contribution in [2.45, 2.75) is 39.5 Å². The van der Waals surface area contributed by atoms with E-state index >= 15 is 0 Å². The summed E-state index contributed by atoms with van der Waals surface area (Å²) >= 11 is 0. The maximum absolute atomic E-state index is 13.0. The molecular formula is C23H31N5O2.